The van der Waals surface area contributed by atoms with E-state index in [1.54, 1.807) is 0 Å². The van der Waals surface area contributed by atoms with Crippen molar-refractivity contribution in [3.63, 3.8) is 0 Å². The standard InChI is InChI=1S/C10H16F2N4O/c1-2-3-6(17)5-14-9-7(11)4-8(12)10(15-9)16-13/h4,6,17H,2-3,5,13H2,1H3,(H2,14,15,16). The minimum absolute atomic E-state index is 0.144. The fourth-order valence-corrected chi connectivity index (χ4v) is 1.34. The van der Waals surface area contributed by atoms with Crippen LogP contribution in [-0.4, -0.2) is 22.7 Å². The van der Waals surface area contributed by atoms with Crippen LogP contribution in [0.5, 0.6) is 0 Å². The summed E-state index contributed by atoms with van der Waals surface area (Å²) in [6, 6.07) is 0.677. The fraction of sp³-hybridized carbons (Fsp3) is 0.500. The largest absolute Gasteiger partial charge is 0.391 e. The molecular formula is C10H16F2N4O. The van der Waals surface area contributed by atoms with Gasteiger partial charge in [0.1, 0.15) is 0 Å². The predicted octanol–water partition coefficient (Wildman–Crippen LogP) is 1.22. The van der Waals surface area contributed by atoms with E-state index in [0.29, 0.717) is 12.5 Å². The Labute approximate surface area is 98.0 Å². The molecule has 0 aliphatic heterocycles. The second kappa shape index (κ2) is 6.31. The Morgan fingerprint density at radius 1 is 1.41 bits per heavy atom. The van der Waals surface area contributed by atoms with E-state index in [4.69, 9.17) is 5.84 Å². The Kier molecular flexibility index (Phi) is 5.05. The fourth-order valence-electron chi connectivity index (χ4n) is 1.34. The third-order valence-electron chi connectivity index (χ3n) is 2.19. The number of hydrogen-bond acceptors (Lipinski definition) is 5. The number of hydrazine groups is 1. The first-order chi connectivity index (χ1) is 8.08. The molecule has 1 atom stereocenters. The molecule has 0 fully saturated rings. The molecule has 0 saturated heterocycles. The molecule has 1 unspecified atom stereocenters. The average molecular weight is 246 g/mol. The van der Waals surface area contributed by atoms with Crippen molar-refractivity contribution in [1.82, 2.24) is 4.98 Å². The third kappa shape index (κ3) is 3.79. The minimum Gasteiger partial charge on any atom is -0.391 e. The van der Waals surface area contributed by atoms with Crippen molar-refractivity contribution >= 4 is 11.6 Å². The van der Waals surface area contributed by atoms with Crippen LogP contribution in [0.15, 0.2) is 6.07 Å². The Bertz CT molecular complexity index is 376. The average Bonchev–Trinajstić information content (AvgIpc) is 2.28. The molecule has 1 aromatic rings. The van der Waals surface area contributed by atoms with Gasteiger partial charge in [0.2, 0.25) is 0 Å². The molecule has 17 heavy (non-hydrogen) atoms. The molecule has 1 heterocycles. The van der Waals surface area contributed by atoms with E-state index in [1.807, 2.05) is 12.3 Å². The highest BCUT2D eigenvalue weighted by Crippen LogP contribution is 2.18. The number of anilines is 2. The number of halogens is 2. The van der Waals surface area contributed by atoms with Gasteiger partial charge >= 0.3 is 0 Å². The van der Waals surface area contributed by atoms with Crippen molar-refractivity contribution in [2.75, 3.05) is 17.3 Å². The van der Waals surface area contributed by atoms with Crippen LogP contribution in [0.4, 0.5) is 20.4 Å². The molecule has 0 amide bonds. The molecular weight excluding hydrogens is 230 g/mol. The van der Waals surface area contributed by atoms with Crippen molar-refractivity contribution in [2.24, 2.45) is 5.84 Å². The summed E-state index contributed by atoms with van der Waals surface area (Å²) < 4.78 is 26.3. The monoisotopic (exact) mass is 246 g/mol. The number of nitrogens with one attached hydrogen (secondary N) is 2. The highest BCUT2D eigenvalue weighted by molar-refractivity contribution is 5.46. The molecule has 0 aliphatic carbocycles. The predicted molar refractivity (Wildman–Crippen MR) is 61.4 cm³/mol. The van der Waals surface area contributed by atoms with Gasteiger partial charge < -0.3 is 15.8 Å². The van der Waals surface area contributed by atoms with Crippen LogP contribution in [-0.2, 0) is 0 Å². The van der Waals surface area contributed by atoms with E-state index < -0.39 is 17.7 Å². The summed E-state index contributed by atoms with van der Waals surface area (Å²) >= 11 is 0. The first-order valence-corrected chi connectivity index (χ1v) is 5.33. The Morgan fingerprint density at radius 2 is 2.06 bits per heavy atom. The van der Waals surface area contributed by atoms with Gasteiger partial charge in [0, 0.05) is 12.6 Å². The SMILES string of the molecule is CCCC(O)CNc1nc(NN)c(F)cc1F. The smallest absolute Gasteiger partial charge is 0.178 e. The van der Waals surface area contributed by atoms with E-state index in [-0.39, 0.29) is 18.2 Å². The molecule has 5 N–H and O–H groups in total. The van der Waals surface area contributed by atoms with Crippen molar-refractivity contribution in [3.8, 4) is 0 Å². The molecule has 1 aromatic heterocycles. The number of rotatable bonds is 6. The molecule has 0 saturated carbocycles. The molecule has 0 radical (unpaired) electrons. The van der Waals surface area contributed by atoms with Crippen LogP contribution in [0.1, 0.15) is 19.8 Å². The van der Waals surface area contributed by atoms with Gasteiger partial charge in [0.05, 0.1) is 6.10 Å². The van der Waals surface area contributed by atoms with Crippen molar-refractivity contribution in [1.29, 1.82) is 0 Å². The van der Waals surface area contributed by atoms with Crippen molar-refractivity contribution in [2.45, 2.75) is 25.9 Å². The van der Waals surface area contributed by atoms with Crippen LogP contribution < -0.4 is 16.6 Å². The van der Waals surface area contributed by atoms with Crippen molar-refractivity contribution < 1.29 is 13.9 Å². The number of nitrogens with zero attached hydrogens (tertiary/aromatic N) is 1. The van der Waals surface area contributed by atoms with E-state index in [1.165, 1.54) is 0 Å². The molecule has 0 bridgehead atoms. The zero-order valence-corrected chi connectivity index (χ0v) is 9.50. The van der Waals surface area contributed by atoms with Gasteiger partial charge in [0.15, 0.2) is 23.3 Å². The number of aliphatic hydroxyl groups excluding tert-OH is 1. The molecule has 5 nitrogen and oxygen atoms in total. The number of nitrogen functional groups attached to an aromatic ring is 1. The lowest BCUT2D eigenvalue weighted by atomic mass is 10.2. The number of pyridine rings is 1. The maximum Gasteiger partial charge on any atom is 0.178 e. The van der Waals surface area contributed by atoms with Crippen LogP contribution in [0.2, 0.25) is 0 Å². The highest BCUT2D eigenvalue weighted by Gasteiger charge is 2.12. The third-order valence-corrected chi connectivity index (χ3v) is 2.19. The second-order valence-corrected chi connectivity index (χ2v) is 3.62. The topological polar surface area (TPSA) is 83.2 Å². The van der Waals surface area contributed by atoms with E-state index in [0.717, 1.165) is 6.42 Å². The maximum absolute atomic E-state index is 13.3. The number of hydrogen-bond donors (Lipinski definition) is 4. The van der Waals surface area contributed by atoms with Gasteiger partial charge in [-0.15, -0.1) is 0 Å². The van der Waals surface area contributed by atoms with Gasteiger partial charge in [0.25, 0.3) is 0 Å². The lowest BCUT2D eigenvalue weighted by Gasteiger charge is -2.12. The Hall–Kier alpha value is -1.47. The first-order valence-electron chi connectivity index (χ1n) is 5.33. The lowest BCUT2D eigenvalue weighted by Crippen LogP contribution is -2.21. The molecule has 7 heteroatoms. The molecule has 0 aromatic carbocycles. The number of aliphatic hydroxyl groups is 1. The van der Waals surface area contributed by atoms with Crippen LogP contribution in [0.3, 0.4) is 0 Å². The molecule has 0 spiro atoms. The Morgan fingerprint density at radius 3 is 2.65 bits per heavy atom. The van der Waals surface area contributed by atoms with Gasteiger partial charge in [-0.05, 0) is 6.42 Å². The van der Waals surface area contributed by atoms with E-state index in [9.17, 15) is 13.9 Å². The summed E-state index contributed by atoms with van der Waals surface area (Å²) in [4.78, 5) is 3.61. The van der Waals surface area contributed by atoms with Gasteiger partial charge in [-0.2, -0.15) is 0 Å². The summed E-state index contributed by atoms with van der Waals surface area (Å²) in [5.41, 5.74) is 2.02. The minimum atomic E-state index is -0.871. The summed E-state index contributed by atoms with van der Waals surface area (Å²) in [6.07, 6.45) is 0.816. The van der Waals surface area contributed by atoms with Gasteiger partial charge in [-0.1, -0.05) is 13.3 Å². The van der Waals surface area contributed by atoms with E-state index in [2.05, 4.69) is 10.3 Å². The summed E-state index contributed by atoms with van der Waals surface area (Å²) in [5.74, 6) is 2.93. The van der Waals surface area contributed by atoms with Crippen LogP contribution >= 0.6 is 0 Å². The Balaban J connectivity index is 2.70. The zero-order chi connectivity index (χ0) is 12.8. The van der Waals surface area contributed by atoms with E-state index >= 15 is 0 Å². The first kappa shape index (κ1) is 13.6. The summed E-state index contributed by atoms with van der Waals surface area (Å²) in [6.45, 7) is 2.07. The van der Waals surface area contributed by atoms with Gasteiger partial charge in [-0.25, -0.2) is 19.6 Å². The zero-order valence-electron chi connectivity index (χ0n) is 9.50. The molecule has 96 valence electrons. The molecule has 0 aliphatic rings. The van der Waals surface area contributed by atoms with Crippen LogP contribution in [0.25, 0.3) is 0 Å². The normalized spacial score (nSPS) is 12.3. The quantitative estimate of drug-likeness (QED) is 0.448. The second-order valence-electron chi connectivity index (χ2n) is 3.62. The van der Waals surface area contributed by atoms with Crippen LogP contribution in [0, 0.1) is 11.6 Å². The number of aromatic nitrogens is 1. The highest BCUT2D eigenvalue weighted by atomic mass is 19.1. The lowest BCUT2D eigenvalue weighted by molar-refractivity contribution is 0.176. The van der Waals surface area contributed by atoms with Gasteiger partial charge in [-0.3, -0.25) is 0 Å². The van der Waals surface area contributed by atoms with Crippen molar-refractivity contribution in [3.05, 3.63) is 17.7 Å². The number of nitrogens with two attached hydrogens (primary N) is 1. The summed E-state index contributed by atoms with van der Waals surface area (Å²) in [5, 5.41) is 12.1. The maximum atomic E-state index is 13.3. The summed E-state index contributed by atoms with van der Waals surface area (Å²) in [7, 11) is 0. The molecule has 1 rings (SSSR count).